The molecule has 6 heteroatoms. The predicted molar refractivity (Wildman–Crippen MR) is 73.1 cm³/mol. The molecular formula is C13H18N2O3S. The van der Waals surface area contributed by atoms with E-state index < -0.39 is 11.9 Å². The first-order valence-electron chi connectivity index (χ1n) is 6.34. The number of aliphatic carboxylic acids is 1. The molecule has 2 unspecified atom stereocenters. The van der Waals surface area contributed by atoms with Crippen molar-refractivity contribution in [2.45, 2.75) is 31.8 Å². The monoisotopic (exact) mass is 282 g/mol. The molecule has 1 aromatic rings. The Kier molecular flexibility index (Phi) is 4.42. The Morgan fingerprint density at radius 2 is 2.32 bits per heavy atom. The number of carboxylic acid groups (broad SMARTS) is 1. The fraction of sp³-hybridized carbons (Fsp3) is 0.538. The molecule has 0 aromatic carbocycles. The lowest BCUT2D eigenvalue weighted by atomic mass is 10.0. The molecule has 0 saturated heterocycles. The molecule has 2 N–H and O–H groups in total. The van der Waals surface area contributed by atoms with Gasteiger partial charge in [-0.2, -0.15) is 0 Å². The van der Waals surface area contributed by atoms with Crippen LogP contribution >= 0.6 is 11.3 Å². The smallest absolute Gasteiger partial charge is 0.317 e. The van der Waals surface area contributed by atoms with Gasteiger partial charge in [0.15, 0.2) is 0 Å². The maximum Gasteiger partial charge on any atom is 0.317 e. The molecule has 1 aliphatic rings. The van der Waals surface area contributed by atoms with Crippen LogP contribution in [0.4, 0.5) is 4.79 Å². The molecule has 1 aromatic heterocycles. The van der Waals surface area contributed by atoms with Crippen LogP contribution in [0.15, 0.2) is 17.5 Å². The average Bonchev–Trinajstić information content (AvgIpc) is 2.99. The number of hydrogen-bond donors (Lipinski definition) is 2. The molecule has 0 aliphatic heterocycles. The second-order valence-corrected chi connectivity index (χ2v) is 5.90. The van der Waals surface area contributed by atoms with E-state index in [1.54, 1.807) is 23.3 Å². The zero-order chi connectivity index (χ0) is 13.8. The SMILES string of the molecule is CN(Cc1cccs1)C(=O)NC1CCCC1C(=O)O. The van der Waals surface area contributed by atoms with Crippen molar-refractivity contribution in [1.82, 2.24) is 10.2 Å². The topological polar surface area (TPSA) is 69.6 Å². The molecule has 1 saturated carbocycles. The van der Waals surface area contributed by atoms with Crippen molar-refractivity contribution in [1.29, 1.82) is 0 Å². The molecule has 0 spiro atoms. The second-order valence-electron chi connectivity index (χ2n) is 4.87. The minimum atomic E-state index is -0.816. The number of hydrogen-bond acceptors (Lipinski definition) is 3. The van der Waals surface area contributed by atoms with E-state index >= 15 is 0 Å². The quantitative estimate of drug-likeness (QED) is 0.889. The van der Waals surface area contributed by atoms with Crippen LogP contribution in [0.2, 0.25) is 0 Å². The van der Waals surface area contributed by atoms with Crippen LogP contribution in [0.5, 0.6) is 0 Å². The normalized spacial score (nSPS) is 22.2. The van der Waals surface area contributed by atoms with Gasteiger partial charge in [-0.15, -0.1) is 11.3 Å². The van der Waals surface area contributed by atoms with Crippen LogP contribution in [-0.2, 0) is 11.3 Å². The Hall–Kier alpha value is -1.56. The molecule has 1 heterocycles. The summed E-state index contributed by atoms with van der Waals surface area (Å²) < 4.78 is 0. The Morgan fingerprint density at radius 1 is 1.53 bits per heavy atom. The van der Waals surface area contributed by atoms with Crippen molar-refractivity contribution in [2.24, 2.45) is 5.92 Å². The number of carbonyl (C=O) groups is 2. The maximum atomic E-state index is 12.0. The van der Waals surface area contributed by atoms with E-state index in [9.17, 15) is 9.59 Å². The average molecular weight is 282 g/mol. The van der Waals surface area contributed by atoms with Crippen molar-refractivity contribution < 1.29 is 14.7 Å². The number of nitrogens with zero attached hydrogens (tertiary/aromatic N) is 1. The van der Waals surface area contributed by atoms with Crippen molar-refractivity contribution >= 4 is 23.3 Å². The minimum Gasteiger partial charge on any atom is -0.481 e. The summed E-state index contributed by atoms with van der Waals surface area (Å²) in [5, 5.41) is 13.9. The van der Waals surface area contributed by atoms with Crippen LogP contribution in [0, 0.1) is 5.92 Å². The van der Waals surface area contributed by atoms with E-state index in [2.05, 4.69) is 5.32 Å². The predicted octanol–water partition coefficient (Wildman–Crippen LogP) is 2.14. The molecule has 2 atom stereocenters. The number of thiophene rings is 1. The molecule has 104 valence electrons. The van der Waals surface area contributed by atoms with Gasteiger partial charge in [-0.05, 0) is 24.3 Å². The molecular weight excluding hydrogens is 264 g/mol. The summed E-state index contributed by atoms with van der Waals surface area (Å²) in [6, 6.07) is 3.48. The van der Waals surface area contributed by atoms with Gasteiger partial charge in [-0.1, -0.05) is 12.5 Å². The van der Waals surface area contributed by atoms with Gasteiger partial charge < -0.3 is 15.3 Å². The van der Waals surface area contributed by atoms with E-state index in [1.807, 2.05) is 17.5 Å². The summed E-state index contributed by atoms with van der Waals surface area (Å²) in [5.74, 6) is -1.26. The molecule has 1 aliphatic carbocycles. The molecule has 19 heavy (non-hydrogen) atoms. The fourth-order valence-electron chi connectivity index (χ4n) is 2.41. The van der Waals surface area contributed by atoms with Crippen LogP contribution in [0.3, 0.4) is 0 Å². The van der Waals surface area contributed by atoms with Crippen LogP contribution in [0.25, 0.3) is 0 Å². The second kappa shape index (κ2) is 6.06. The van der Waals surface area contributed by atoms with Crippen molar-refractivity contribution in [3.05, 3.63) is 22.4 Å². The highest BCUT2D eigenvalue weighted by molar-refractivity contribution is 7.09. The summed E-state index contributed by atoms with van der Waals surface area (Å²) in [6.45, 7) is 0.550. The summed E-state index contributed by atoms with van der Waals surface area (Å²) >= 11 is 1.60. The highest BCUT2D eigenvalue weighted by Gasteiger charge is 2.34. The van der Waals surface area contributed by atoms with Gasteiger partial charge in [-0.3, -0.25) is 4.79 Å². The van der Waals surface area contributed by atoms with Crippen LogP contribution in [0.1, 0.15) is 24.1 Å². The standard InChI is InChI=1S/C13H18N2O3S/c1-15(8-9-4-3-7-19-9)13(18)14-11-6-2-5-10(11)12(16)17/h3-4,7,10-11H,2,5-6,8H2,1H3,(H,14,18)(H,16,17). The number of carbonyl (C=O) groups excluding carboxylic acids is 1. The van der Waals surface area contributed by atoms with Gasteiger partial charge >= 0.3 is 12.0 Å². The van der Waals surface area contributed by atoms with E-state index in [0.29, 0.717) is 13.0 Å². The van der Waals surface area contributed by atoms with E-state index in [0.717, 1.165) is 17.7 Å². The fourth-order valence-corrected chi connectivity index (χ4v) is 3.16. The van der Waals surface area contributed by atoms with Crippen molar-refractivity contribution in [3.8, 4) is 0 Å². The summed E-state index contributed by atoms with van der Waals surface area (Å²) in [5.41, 5.74) is 0. The van der Waals surface area contributed by atoms with E-state index in [4.69, 9.17) is 5.11 Å². The molecule has 0 radical (unpaired) electrons. The van der Waals surface area contributed by atoms with Gasteiger partial charge in [0.05, 0.1) is 12.5 Å². The van der Waals surface area contributed by atoms with E-state index in [1.165, 1.54) is 0 Å². The third-order valence-corrected chi connectivity index (χ3v) is 4.32. The molecule has 0 bridgehead atoms. The van der Waals surface area contributed by atoms with Crippen LogP contribution < -0.4 is 5.32 Å². The number of nitrogens with one attached hydrogen (secondary N) is 1. The lowest BCUT2D eigenvalue weighted by Crippen LogP contribution is -2.45. The molecule has 1 fully saturated rings. The molecule has 2 amide bonds. The Balaban J connectivity index is 1.88. The Morgan fingerprint density at radius 3 is 2.95 bits per heavy atom. The van der Waals surface area contributed by atoms with Gasteiger partial charge in [0.2, 0.25) is 0 Å². The summed E-state index contributed by atoms with van der Waals surface area (Å²) in [4.78, 5) is 25.8. The first kappa shape index (κ1) is 13.9. The Bertz CT molecular complexity index is 447. The number of amides is 2. The zero-order valence-corrected chi connectivity index (χ0v) is 11.7. The number of carboxylic acids is 1. The summed E-state index contributed by atoms with van der Waals surface area (Å²) in [7, 11) is 1.72. The first-order chi connectivity index (χ1) is 9.08. The summed E-state index contributed by atoms with van der Waals surface area (Å²) in [6.07, 6.45) is 2.25. The lowest BCUT2D eigenvalue weighted by molar-refractivity contribution is -0.142. The zero-order valence-electron chi connectivity index (χ0n) is 10.8. The minimum absolute atomic E-state index is 0.202. The number of rotatable bonds is 4. The molecule has 2 rings (SSSR count). The van der Waals surface area contributed by atoms with Gasteiger partial charge in [0.25, 0.3) is 0 Å². The lowest BCUT2D eigenvalue weighted by Gasteiger charge is -2.22. The van der Waals surface area contributed by atoms with E-state index in [-0.39, 0.29) is 12.1 Å². The largest absolute Gasteiger partial charge is 0.481 e. The highest BCUT2D eigenvalue weighted by atomic mass is 32.1. The number of urea groups is 1. The maximum absolute atomic E-state index is 12.0. The third-order valence-electron chi connectivity index (χ3n) is 3.46. The highest BCUT2D eigenvalue weighted by Crippen LogP contribution is 2.26. The van der Waals surface area contributed by atoms with Gasteiger partial charge in [-0.25, -0.2) is 4.79 Å². The first-order valence-corrected chi connectivity index (χ1v) is 7.22. The van der Waals surface area contributed by atoms with Gasteiger partial charge in [0.1, 0.15) is 0 Å². The Labute approximate surface area is 116 Å². The molecule has 5 nitrogen and oxygen atoms in total. The van der Waals surface area contributed by atoms with Gasteiger partial charge in [0, 0.05) is 18.0 Å². The van der Waals surface area contributed by atoms with Crippen molar-refractivity contribution in [2.75, 3.05) is 7.05 Å². The third kappa shape index (κ3) is 3.47. The van der Waals surface area contributed by atoms with Crippen LogP contribution in [-0.4, -0.2) is 35.1 Å². The van der Waals surface area contributed by atoms with Crippen molar-refractivity contribution in [3.63, 3.8) is 0 Å².